The zero-order chi connectivity index (χ0) is 28.9. The first kappa shape index (κ1) is 30.3. The van der Waals surface area contributed by atoms with Crippen LogP contribution < -0.4 is 14.8 Å². The number of fused-ring (bicyclic) bond motifs is 1. The van der Waals surface area contributed by atoms with Crippen molar-refractivity contribution in [3.8, 4) is 5.75 Å². The molecular formula is C30H35Cl2N3O4S. The molecule has 0 bridgehead atoms. The van der Waals surface area contributed by atoms with Gasteiger partial charge >= 0.3 is 0 Å². The molecule has 40 heavy (non-hydrogen) atoms. The predicted octanol–water partition coefficient (Wildman–Crippen LogP) is 6.13. The van der Waals surface area contributed by atoms with Crippen molar-refractivity contribution >= 4 is 39.1 Å². The average molecular weight is 605 g/mol. The number of halogens is 2. The zero-order valence-corrected chi connectivity index (χ0v) is 25.2. The first-order valence-corrected chi connectivity index (χ1v) is 15.5. The van der Waals surface area contributed by atoms with Gasteiger partial charge in [-0.15, -0.1) is 0 Å². The van der Waals surface area contributed by atoms with E-state index in [1.807, 2.05) is 18.2 Å². The molecule has 0 aliphatic carbocycles. The van der Waals surface area contributed by atoms with Crippen LogP contribution in [0.2, 0.25) is 10.0 Å². The van der Waals surface area contributed by atoms with Crippen molar-refractivity contribution in [2.24, 2.45) is 5.92 Å². The molecule has 1 heterocycles. The molecule has 0 aromatic heterocycles. The van der Waals surface area contributed by atoms with E-state index in [1.54, 1.807) is 24.3 Å². The van der Waals surface area contributed by atoms with Crippen LogP contribution in [0.5, 0.6) is 5.75 Å². The Kier molecular flexibility index (Phi) is 10.1. The van der Waals surface area contributed by atoms with E-state index in [-0.39, 0.29) is 33.3 Å². The molecule has 7 nitrogen and oxygen atoms in total. The summed E-state index contributed by atoms with van der Waals surface area (Å²) in [6, 6.07) is 18.2. The Labute approximate surface area is 246 Å². The number of ether oxygens (including phenoxy) is 1. The maximum Gasteiger partial charge on any atom is 0.241 e. The second kappa shape index (κ2) is 13.4. The smallest absolute Gasteiger partial charge is 0.241 e. The van der Waals surface area contributed by atoms with Crippen molar-refractivity contribution in [1.82, 2.24) is 14.9 Å². The minimum atomic E-state index is -3.99. The predicted molar refractivity (Wildman–Crippen MR) is 159 cm³/mol. The standard InChI is InChI=1S/C30H35Cl2N3O4S/c1-20(2)18-35(3)19-21-9-11-24-27(13-14-39-29(24)15-21)33-30(36)17-28(22-7-5-4-6-8-22)34-40(37,38)23-10-12-25(31)26(32)16-23/h4-12,15-16,20,27-28,34H,13-14,17-19H2,1-3H3,(H,33,36). The van der Waals surface area contributed by atoms with E-state index in [1.165, 1.54) is 18.2 Å². The molecule has 3 aromatic rings. The van der Waals surface area contributed by atoms with Crippen LogP contribution in [0.4, 0.5) is 0 Å². The number of amides is 1. The van der Waals surface area contributed by atoms with E-state index in [9.17, 15) is 13.2 Å². The van der Waals surface area contributed by atoms with E-state index in [0.29, 0.717) is 24.5 Å². The summed E-state index contributed by atoms with van der Waals surface area (Å²) in [7, 11) is -1.89. The van der Waals surface area contributed by atoms with Crippen LogP contribution >= 0.6 is 23.2 Å². The number of nitrogens with one attached hydrogen (secondary N) is 2. The minimum Gasteiger partial charge on any atom is -0.493 e. The first-order valence-electron chi connectivity index (χ1n) is 13.3. The Morgan fingerprint density at radius 1 is 1.05 bits per heavy atom. The quantitative estimate of drug-likeness (QED) is 0.275. The Morgan fingerprint density at radius 2 is 1.80 bits per heavy atom. The van der Waals surface area contributed by atoms with Crippen molar-refractivity contribution < 1.29 is 17.9 Å². The number of sulfonamides is 1. The lowest BCUT2D eigenvalue weighted by molar-refractivity contribution is -0.122. The SMILES string of the molecule is CC(C)CN(C)Cc1ccc2c(c1)OCCC2NC(=O)CC(NS(=O)(=O)c1ccc(Cl)c(Cl)c1)c1ccccc1. The lowest BCUT2D eigenvalue weighted by Gasteiger charge is -2.28. The van der Waals surface area contributed by atoms with Crippen LogP contribution in [-0.4, -0.2) is 39.4 Å². The highest BCUT2D eigenvalue weighted by Crippen LogP contribution is 2.34. The molecule has 0 saturated heterocycles. The number of hydrogen-bond donors (Lipinski definition) is 2. The number of nitrogens with zero attached hydrogens (tertiary/aromatic N) is 1. The Morgan fingerprint density at radius 3 is 2.50 bits per heavy atom. The van der Waals surface area contributed by atoms with Gasteiger partial charge in [-0.25, -0.2) is 13.1 Å². The third-order valence-corrected chi connectivity index (χ3v) is 8.88. The normalized spacial score (nSPS) is 15.9. The molecule has 2 unspecified atom stereocenters. The molecular weight excluding hydrogens is 569 g/mol. The molecule has 0 saturated carbocycles. The van der Waals surface area contributed by atoms with E-state index in [2.05, 4.69) is 41.9 Å². The highest BCUT2D eigenvalue weighted by Gasteiger charge is 2.28. The number of rotatable bonds is 11. The van der Waals surface area contributed by atoms with E-state index >= 15 is 0 Å². The highest BCUT2D eigenvalue weighted by molar-refractivity contribution is 7.89. The first-order chi connectivity index (χ1) is 19.0. The molecule has 0 spiro atoms. The van der Waals surface area contributed by atoms with Gasteiger partial charge in [0.15, 0.2) is 0 Å². The Balaban J connectivity index is 1.49. The van der Waals surface area contributed by atoms with Crippen LogP contribution in [0.15, 0.2) is 71.6 Å². The lowest BCUT2D eigenvalue weighted by atomic mass is 9.97. The van der Waals surface area contributed by atoms with Gasteiger partial charge in [-0.3, -0.25) is 4.79 Å². The van der Waals surface area contributed by atoms with Gasteiger partial charge in [0.2, 0.25) is 15.9 Å². The van der Waals surface area contributed by atoms with Crippen molar-refractivity contribution in [1.29, 1.82) is 0 Å². The van der Waals surface area contributed by atoms with Gasteiger partial charge < -0.3 is 15.0 Å². The van der Waals surface area contributed by atoms with E-state index < -0.39 is 16.1 Å². The summed E-state index contributed by atoms with van der Waals surface area (Å²) >= 11 is 12.0. The second-order valence-electron chi connectivity index (χ2n) is 10.6. The van der Waals surface area contributed by atoms with Gasteiger partial charge in [0.05, 0.1) is 33.6 Å². The van der Waals surface area contributed by atoms with E-state index in [4.69, 9.17) is 27.9 Å². The van der Waals surface area contributed by atoms with Crippen molar-refractivity contribution in [2.45, 2.75) is 50.2 Å². The van der Waals surface area contributed by atoms with Crippen LogP contribution in [0.1, 0.15) is 55.5 Å². The summed E-state index contributed by atoms with van der Waals surface area (Å²) in [6.45, 7) is 6.67. The monoisotopic (exact) mass is 603 g/mol. The van der Waals surface area contributed by atoms with Gasteiger partial charge in [-0.05, 0) is 48.4 Å². The molecule has 214 valence electrons. The summed E-state index contributed by atoms with van der Waals surface area (Å²) in [5.41, 5.74) is 2.74. The van der Waals surface area contributed by atoms with Crippen molar-refractivity contribution in [2.75, 3.05) is 20.2 Å². The molecule has 2 atom stereocenters. The molecule has 1 aliphatic rings. The number of carbonyl (C=O) groups is 1. The summed E-state index contributed by atoms with van der Waals surface area (Å²) in [5, 5.41) is 3.49. The Hall–Kier alpha value is -2.62. The van der Waals surface area contributed by atoms with Crippen LogP contribution in [0, 0.1) is 5.92 Å². The fourth-order valence-electron chi connectivity index (χ4n) is 4.93. The number of hydrogen-bond acceptors (Lipinski definition) is 5. The van der Waals surface area contributed by atoms with Crippen LogP contribution in [0.25, 0.3) is 0 Å². The molecule has 4 rings (SSSR count). The summed E-state index contributed by atoms with van der Waals surface area (Å²) in [4.78, 5) is 15.6. The molecule has 2 N–H and O–H groups in total. The molecule has 10 heteroatoms. The third kappa shape index (κ3) is 7.98. The average Bonchev–Trinajstić information content (AvgIpc) is 2.89. The van der Waals surface area contributed by atoms with Crippen molar-refractivity contribution in [3.63, 3.8) is 0 Å². The molecule has 0 fully saturated rings. The van der Waals surface area contributed by atoms with Crippen LogP contribution in [-0.2, 0) is 21.4 Å². The number of benzene rings is 3. The van der Waals surface area contributed by atoms with Gasteiger partial charge in [-0.1, -0.05) is 79.5 Å². The van der Waals surface area contributed by atoms with Gasteiger partial charge in [-0.2, -0.15) is 0 Å². The largest absolute Gasteiger partial charge is 0.493 e. The number of carbonyl (C=O) groups excluding carboxylic acids is 1. The second-order valence-corrected chi connectivity index (χ2v) is 13.1. The van der Waals surface area contributed by atoms with Crippen LogP contribution in [0.3, 0.4) is 0 Å². The maximum atomic E-state index is 13.3. The van der Waals surface area contributed by atoms with E-state index in [0.717, 1.165) is 30.0 Å². The zero-order valence-electron chi connectivity index (χ0n) is 22.9. The summed E-state index contributed by atoms with van der Waals surface area (Å²) in [5.74, 6) is 1.07. The Bertz CT molecular complexity index is 1430. The topological polar surface area (TPSA) is 87.7 Å². The maximum absolute atomic E-state index is 13.3. The third-order valence-electron chi connectivity index (χ3n) is 6.67. The lowest BCUT2D eigenvalue weighted by Crippen LogP contribution is -2.36. The van der Waals surface area contributed by atoms with Gasteiger partial charge in [0, 0.05) is 31.5 Å². The fourth-order valence-corrected chi connectivity index (χ4v) is 6.55. The molecule has 1 aliphatic heterocycles. The summed E-state index contributed by atoms with van der Waals surface area (Å²) in [6.07, 6.45) is 0.533. The molecule has 3 aromatic carbocycles. The van der Waals surface area contributed by atoms with Gasteiger partial charge in [0.25, 0.3) is 0 Å². The van der Waals surface area contributed by atoms with Gasteiger partial charge in [0.1, 0.15) is 5.75 Å². The molecule has 0 radical (unpaired) electrons. The minimum absolute atomic E-state index is 0.0311. The molecule has 1 amide bonds. The highest BCUT2D eigenvalue weighted by atomic mass is 35.5. The van der Waals surface area contributed by atoms with Crippen molar-refractivity contribution in [3.05, 3.63) is 93.5 Å². The summed E-state index contributed by atoms with van der Waals surface area (Å²) < 4.78 is 35.1. The fraction of sp³-hybridized carbons (Fsp3) is 0.367.